The first-order chi connectivity index (χ1) is 18.1. The molecule has 196 valence electrons. The minimum atomic E-state index is -4.02. The molecule has 2 heterocycles. The van der Waals surface area contributed by atoms with Crippen LogP contribution in [0.1, 0.15) is 18.9 Å². The minimum Gasteiger partial charge on any atom is -0.495 e. The summed E-state index contributed by atoms with van der Waals surface area (Å²) in [5.41, 5.74) is 1.75. The van der Waals surface area contributed by atoms with Gasteiger partial charge in [0.1, 0.15) is 22.3 Å². The van der Waals surface area contributed by atoms with E-state index in [0.29, 0.717) is 10.6 Å². The smallest absolute Gasteiger partial charge is 0.264 e. The summed E-state index contributed by atoms with van der Waals surface area (Å²) in [6.07, 6.45) is 2.57. The van der Waals surface area contributed by atoms with Crippen LogP contribution in [0, 0.1) is 12.7 Å². The van der Waals surface area contributed by atoms with Crippen molar-refractivity contribution in [2.75, 3.05) is 16.7 Å². The number of nitrogens with one attached hydrogen (secondary N) is 1. The molecule has 0 aliphatic rings. The van der Waals surface area contributed by atoms with Gasteiger partial charge in [0, 0.05) is 35.5 Å². The number of ether oxygens (including phenoxy) is 1. The predicted molar refractivity (Wildman–Crippen MR) is 143 cm³/mol. The molecule has 38 heavy (non-hydrogen) atoms. The number of rotatable bonds is 8. The highest BCUT2D eigenvalue weighted by molar-refractivity contribution is 7.92. The molecule has 0 spiro atoms. The summed E-state index contributed by atoms with van der Waals surface area (Å²) < 4.78 is 48.7. The Morgan fingerprint density at radius 1 is 1.16 bits per heavy atom. The molecule has 2 aromatic heterocycles. The second-order valence-electron chi connectivity index (χ2n) is 8.12. The van der Waals surface area contributed by atoms with Gasteiger partial charge in [-0.15, -0.1) is 5.10 Å². The molecule has 2 aromatic carbocycles. The van der Waals surface area contributed by atoms with Crippen LogP contribution in [0.4, 0.5) is 21.7 Å². The maximum atomic E-state index is 15.4. The summed E-state index contributed by atoms with van der Waals surface area (Å²) in [6.45, 7) is 3.46. The molecule has 0 saturated carbocycles. The summed E-state index contributed by atoms with van der Waals surface area (Å²) in [5.74, 6) is -0.653. The van der Waals surface area contributed by atoms with E-state index in [1.54, 1.807) is 25.1 Å². The summed E-state index contributed by atoms with van der Waals surface area (Å²) in [7, 11) is -2.62. The van der Waals surface area contributed by atoms with Crippen LogP contribution in [0.5, 0.6) is 5.75 Å². The van der Waals surface area contributed by atoms with Gasteiger partial charge in [-0.2, -0.15) is 5.10 Å². The Labute approximate surface area is 224 Å². The maximum absolute atomic E-state index is 15.4. The van der Waals surface area contributed by atoms with Crippen molar-refractivity contribution in [2.45, 2.75) is 25.2 Å². The summed E-state index contributed by atoms with van der Waals surface area (Å²) in [6, 6.07) is 13.4. The van der Waals surface area contributed by atoms with Crippen LogP contribution in [0.25, 0.3) is 11.1 Å². The molecule has 0 bridgehead atoms. The van der Waals surface area contributed by atoms with Crippen molar-refractivity contribution in [3.8, 4) is 16.9 Å². The van der Waals surface area contributed by atoms with Crippen LogP contribution in [0.15, 0.2) is 71.9 Å². The van der Waals surface area contributed by atoms with Gasteiger partial charge in [0.15, 0.2) is 5.82 Å². The van der Waals surface area contributed by atoms with Crippen molar-refractivity contribution in [3.63, 3.8) is 0 Å². The summed E-state index contributed by atoms with van der Waals surface area (Å²) >= 11 is 6.11. The lowest BCUT2D eigenvalue weighted by molar-refractivity contribution is -0.117. The van der Waals surface area contributed by atoms with Gasteiger partial charge in [-0.1, -0.05) is 24.6 Å². The fourth-order valence-electron chi connectivity index (χ4n) is 3.67. The molecule has 4 rings (SSSR count). The molecule has 0 aliphatic heterocycles. The first-order valence-corrected chi connectivity index (χ1v) is 13.2. The van der Waals surface area contributed by atoms with Gasteiger partial charge in [0.2, 0.25) is 5.91 Å². The number of halogens is 2. The average molecular weight is 556 g/mol. The zero-order chi connectivity index (χ0) is 27.4. The normalized spacial score (nSPS) is 11.2. The van der Waals surface area contributed by atoms with Crippen molar-refractivity contribution in [1.29, 1.82) is 0 Å². The van der Waals surface area contributed by atoms with Gasteiger partial charge in [0.05, 0.1) is 12.8 Å². The highest BCUT2D eigenvalue weighted by Crippen LogP contribution is 2.39. The number of sulfonamides is 1. The lowest BCUT2D eigenvalue weighted by atomic mass is 10.0. The maximum Gasteiger partial charge on any atom is 0.264 e. The molecule has 0 aliphatic carbocycles. The van der Waals surface area contributed by atoms with Crippen molar-refractivity contribution < 1.29 is 22.3 Å². The second kappa shape index (κ2) is 11.1. The van der Waals surface area contributed by atoms with Crippen molar-refractivity contribution in [1.82, 2.24) is 15.2 Å². The molecule has 1 N–H and O–H groups in total. The van der Waals surface area contributed by atoms with Crippen LogP contribution in [0.2, 0.25) is 5.02 Å². The Hall–Kier alpha value is -4.09. The molecule has 0 radical (unpaired) electrons. The number of nitrogens with zero attached hydrogens (tertiary/aromatic N) is 4. The van der Waals surface area contributed by atoms with E-state index >= 15 is 4.39 Å². The molecule has 12 heteroatoms. The van der Waals surface area contributed by atoms with Gasteiger partial charge in [0.25, 0.3) is 10.0 Å². The Balaban J connectivity index is 1.74. The quantitative estimate of drug-likeness (QED) is 0.304. The molecule has 1 amide bonds. The zero-order valence-corrected chi connectivity index (χ0v) is 22.2. The van der Waals surface area contributed by atoms with Gasteiger partial charge < -0.3 is 4.74 Å². The van der Waals surface area contributed by atoms with Gasteiger partial charge in [-0.25, -0.2) is 17.8 Å². The van der Waals surface area contributed by atoms with E-state index < -0.39 is 21.7 Å². The molecule has 0 unspecified atom stereocenters. The number of carbonyl (C=O) groups excluding carboxylic acids is 1. The number of benzene rings is 2. The largest absolute Gasteiger partial charge is 0.495 e. The van der Waals surface area contributed by atoms with Crippen LogP contribution in [-0.4, -0.2) is 36.6 Å². The van der Waals surface area contributed by atoms with E-state index in [0.717, 1.165) is 11.8 Å². The van der Waals surface area contributed by atoms with E-state index in [2.05, 4.69) is 19.9 Å². The number of methoxy groups -OCH3 is 1. The first kappa shape index (κ1) is 27.0. The number of hydrogen-bond donors (Lipinski definition) is 1. The number of amides is 1. The summed E-state index contributed by atoms with van der Waals surface area (Å²) in [4.78, 5) is 18.2. The lowest BCUT2D eigenvalue weighted by Gasteiger charge is -2.24. The van der Waals surface area contributed by atoms with Crippen molar-refractivity contribution >= 4 is 44.9 Å². The van der Waals surface area contributed by atoms with Crippen molar-refractivity contribution in [3.05, 3.63) is 83.4 Å². The van der Waals surface area contributed by atoms with Crippen LogP contribution in [0.3, 0.4) is 0 Å². The Bertz CT molecular complexity index is 1590. The third-order valence-electron chi connectivity index (χ3n) is 5.60. The molecular formula is C26H23ClFN5O4S. The topological polar surface area (TPSA) is 114 Å². The number of hydrogen-bond acceptors (Lipinski definition) is 7. The average Bonchev–Trinajstić information content (AvgIpc) is 2.91. The number of anilines is 3. The Kier molecular flexibility index (Phi) is 7.88. The predicted octanol–water partition coefficient (Wildman–Crippen LogP) is 5.52. The lowest BCUT2D eigenvalue weighted by Crippen LogP contribution is -2.26. The molecule has 0 saturated heterocycles. The van der Waals surface area contributed by atoms with Crippen LogP contribution < -0.4 is 14.4 Å². The molecule has 4 aromatic rings. The van der Waals surface area contributed by atoms with E-state index in [1.165, 1.54) is 54.6 Å². The third-order valence-corrected chi connectivity index (χ3v) is 7.37. The molecule has 0 fully saturated rings. The fraction of sp³-hybridized carbons (Fsp3) is 0.154. The standard InChI is InChI=1S/C26H23ClFN5O4S/c1-4-26(34)33(25-10-8-18(15-29-25)38(35,36)32-24-6-5-11-30-31-24)22-14-21(28)19(13-23(22)37-3)17-7-9-20(27)16(2)12-17/h5-15H,4H2,1-3H3,(H,31,32). The third kappa shape index (κ3) is 5.58. The Morgan fingerprint density at radius 3 is 2.55 bits per heavy atom. The highest BCUT2D eigenvalue weighted by Gasteiger charge is 2.25. The number of aryl methyl sites for hydroxylation is 1. The number of pyridine rings is 1. The fourth-order valence-corrected chi connectivity index (χ4v) is 4.73. The van der Waals surface area contributed by atoms with Crippen LogP contribution >= 0.6 is 11.6 Å². The monoisotopic (exact) mass is 555 g/mol. The van der Waals surface area contributed by atoms with E-state index in [1.807, 2.05) is 6.92 Å². The van der Waals surface area contributed by atoms with Gasteiger partial charge in [-0.3, -0.25) is 14.4 Å². The van der Waals surface area contributed by atoms with Crippen molar-refractivity contribution in [2.24, 2.45) is 0 Å². The molecule has 0 atom stereocenters. The first-order valence-electron chi connectivity index (χ1n) is 11.4. The SMILES string of the molecule is CCC(=O)N(c1ccc(S(=O)(=O)Nc2cccnn2)cn1)c1cc(F)c(-c2ccc(Cl)c(C)c2)cc1OC. The summed E-state index contributed by atoms with van der Waals surface area (Å²) in [5, 5.41) is 7.90. The van der Waals surface area contributed by atoms with E-state index in [9.17, 15) is 13.2 Å². The van der Waals surface area contributed by atoms with E-state index in [-0.39, 0.29) is 40.0 Å². The highest BCUT2D eigenvalue weighted by atomic mass is 35.5. The molecule has 9 nitrogen and oxygen atoms in total. The second-order valence-corrected chi connectivity index (χ2v) is 10.2. The van der Waals surface area contributed by atoms with Gasteiger partial charge in [-0.05, 0) is 60.5 Å². The number of aromatic nitrogens is 3. The van der Waals surface area contributed by atoms with E-state index in [4.69, 9.17) is 16.3 Å². The number of carbonyl (C=O) groups is 1. The minimum absolute atomic E-state index is 0.0375. The zero-order valence-electron chi connectivity index (χ0n) is 20.6. The van der Waals surface area contributed by atoms with Gasteiger partial charge >= 0.3 is 0 Å². The molecular weight excluding hydrogens is 533 g/mol. The Morgan fingerprint density at radius 2 is 1.95 bits per heavy atom. The van der Waals surface area contributed by atoms with Crippen LogP contribution in [-0.2, 0) is 14.8 Å².